The van der Waals surface area contributed by atoms with E-state index in [-0.39, 0.29) is 6.04 Å². The quantitative estimate of drug-likeness (QED) is 0.805. The molecule has 0 unspecified atom stereocenters. The van der Waals surface area contributed by atoms with E-state index in [1.165, 1.54) is 0 Å². The minimum Gasteiger partial charge on any atom is -0.399 e. The lowest BCUT2D eigenvalue weighted by Crippen LogP contribution is -2.33. The van der Waals surface area contributed by atoms with Crippen LogP contribution in [0.25, 0.3) is 10.9 Å². The molecule has 1 aromatic heterocycles. The zero-order valence-electron chi connectivity index (χ0n) is 12.2. The van der Waals surface area contributed by atoms with Gasteiger partial charge in [0.05, 0.1) is 0 Å². The van der Waals surface area contributed by atoms with E-state index in [9.17, 15) is 8.42 Å². The first-order valence-corrected chi connectivity index (χ1v) is 8.86. The Bertz CT molecular complexity index is 747. The Labute approximate surface area is 125 Å². The molecule has 0 spiro atoms. The number of nitrogens with zero attached hydrogens (tertiary/aromatic N) is 1. The number of anilines is 1. The molecule has 1 aliphatic carbocycles. The number of hydrogen-bond acceptors (Lipinski definition) is 3. The maximum atomic E-state index is 13.0. The van der Waals surface area contributed by atoms with Gasteiger partial charge >= 0.3 is 0 Å². The highest BCUT2D eigenvalue weighted by molar-refractivity contribution is 7.89. The van der Waals surface area contributed by atoms with Crippen molar-refractivity contribution in [1.82, 2.24) is 9.29 Å². The van der Waals surface area contributed by atoms with Crippen molar-refractivity contribution in [3.63, 3.8) is 0 Å². The van der Waals surface area contributed by atoms with Crippen LogP contribution in [0.15, 0.2) is 29.3 Å². The fourth-order valence-electron chi connectivity index (χ4n) is 2.63. The van der Waals surface area contributed by atoms with Crippen molar-refractivity contribution in [1.29, 1.82) is 0 Å². The summed E-state index contributed by atoms with van der Waals surface area (Å²) in [5, 5.41) is 0.714. The average Bonchev–Trinajstić information content (AvgIpc) is 3.17. The topological polar surface area (TPSA) is 79.2 Å². The second-order valence-corrected chi connectivity index (χ2v) is 7.52. The summed E-state index contributed by atoms with van der Waals surface area (Å²) in [6.45, 7) is 2.68. The number of benzene rings is 1. The van der Waals surface area contributed by atoms with Crippen LogP contribution in [0, 0.1) is 0 Å². The largest absolute Gasteiger partial charge is 0.399 e. The van der Waals surface area contributed by atoms with Crippen LogP contribution in [-0.4, -0.2) is 30.3 Å². The number of nitrogens with two attached hydrogens (primary N) is 1. The highest BCUT2D eigenvalue weighted by Gasteiger charge is 2.38. The van der Waals surface area contributed by atoms with Crippen molar-refractivity contribution in [2.45, 2.75) is 43.5 Å². The number of unbranched alkanes of at least 4 members (excludes halogenated alkanes) is 1. The lowest BCUT2D eigenvalue weighted by Gasteiger charge is -2.21. The molecule has 0 atom stereocenters. The Morgan fingerprint density at radius 2 is 2.14 bits per heavy atom. The Morgan fingerprint density at radius 1 is 1.38 bits per heavy atom. The molecule has 114 valence electrons. The van der Waals surface area contributed by atoms with Crippen LogP contribution in [0.2, 0.25) is 0 Å². The van der Waals surface area contributed by atoms with Crippen LogP contribution in [0.4, 0.5) is 5.69 Å². The molecule has 21 heavy (non-hydrogen) atoms. The zero-order chi connectivity index (χ0) is 15.0. The fourth-order valence-corrected chi connectivity index (χ4v) is 4.52. The van der Waals surface area contributed by atoms with Gasteiger partial charge in [-0.05, 0) is 37.5 Å². The first-order chi connectivity index (χ1) is 10.0. The third-order valence-corrected chi connectivity index (χ3v) is 5.93. The Kier molecular flexibility index (Phi) is 3.67. The van der Waals surface area contributed by atoms with E-state index in [2.05, 4.69) is 11.9 Å². The maximum Gasteiger partial charge on any atom is 0.245 e. The van der Waals surface area contributed by atoms with E-state index in [1.807, 2.05) is 0 Å². The molecule has 0 amide bonds. The molecule has 0 radical (unpaired) electrons. The van der Waals surface area contributed by atoms with Gasteiger partial charge in [-0.2, -0.15) is 4.31 Å². The zero-order valence-corrected chi connectivity index (χ0v) is 13.0. The Hall–Kier alpha value is -1.53. The van der Waals surface area contributed by atoms with E-state index >= 15 is 0 Å². The highest BCUT2D eigenvalue weighted by Crippen LogP contribution is 2.34. The van der Waals surface area contributed by atoms with E-state index in [0.29, 0.717) is 22.5 Å². The van der Waals surface area contributed by atoms with Gasteiger partial charge in [-0.25, -0.2) is 8.42 Å². The summed E-state index contributed by atoms with van der Waals surface area (Å²) in [6.07, 6.45) is 5.41. The van der Waals surface area contributed by atoms with Gasteiger partial charge in [-0.1, -0.05) is 13.3 Å². The van der Waals surface area contributed by atoms with Crippen molar-refractivity contribution < 1.29 is 8.42 Å². The van der Waals surface area contributed by atoms with E-state index in [1.54, 1.807) is 28.7 Å². The molecule has 3 N–H and O–H groups in total. The minimum absolute atomic E-state index is 0.181. The number of fused-ring (bicyclic) bond motifs is 1. The number of aromatic amines is 1. The molecule has 1 aromatic carbocycles. The van der Waals surface area contributed by atoms with E-state index < -0.39 is 10.0 Å². The van der Waals surface area contributed by atoms with Crippen LogP contribution < -0.4 is 5.73 Å². The van der Waals surface area contributed by atoms with Crippen LogP contribution in [0.3, 0.4) is 0 Å². The fraction of sp³-hybridized carbons (Fsp3) is 0.467. The molecule has 5 nitrogen and oxygen atoms in total. The number of rotatable bonds is 6. The molecular formula is C15H21N3O2S. The SMILES string of the molecule is CCCCN(C1CC1)S(=O)(=O)c1c[nH]c2cc(N)ccc12. The molecule has 2 aromatic rings. The second-order valence-electron chi connectivity index (χ2n) is 5.66. The molecule has 1 fully saturated rings. The van der Waals surface area contributed by atoms with E-state index in [4.69, 9.17) is 5.73 Å². The normalized spacial score (nSPS) is 15.9. The van der Waals surface area contributed by atoms with Crippen LogP contribution in [0.1, 0.15) is 32.6 Å². The average molecular weight is 307 g/mol. The summed E-state index contributed by atoms with van der Waals surface area (Å²) in [5.41, 5.74) is 7.13. The lowest BCUT2D eigenvalue weighted by atomic mass is 10.2. The maximum absolute atomic E-state index is 13.0. The van der Waals surface area contributed by atoms with Crippen LogP contribution >= 0.6 is 0 Å². The predicted octanol–water partition coefficient (Wildman–Crippen LogP) is 2.70. The van der Waals surface area contributed by atoms with Gasteiger partial charge < -0.3 is 10.7 Å². The summed E-state index contributed by atoms with van der Waals surface area (Å²) in [5.74, 6) is 0. The van der Waals surface area contributed by atoms with Gasteiger partial charge in [0.25, 0.3) is 0 Å². The van der Waals surface area contributed by atoms with Crippen LogP contribution in [-0.2, 0) is 10.0 Å². The van der Waals surface area contributed by atoms with Crippen molar-refractivity contribution in [3.8, 4) is 0 Å². The summed E-state index contributed by atoms with van der Waals surface area (Å²) < 4.78 is 27.6. The number of aromatic nitrogens is 1. The Balaban J connectivity index is 2.02. The van der Waals surface area contributed by atoms with Gasteiger partial charge in [-0.15, -0.1) is 0 Å². The van der Waals surface area contributed by atoms with Gasteiger partial charge in [0, 0.05) is 35.4 Å². The molecular weight excluding hydrogens is 286 g/mol. The van der Waals surface area contributed by atoms with Gasteiger partial charge in [0.1, 0.15) is 4.90 Å². The number of hydrogen-bond donors (Lipinski definition) is 2. The Morgan fingerprint density at radius 3 is 2.81 bits per heavy atom. The first kappa shape index (κ1) is 14.4. The highest BCUT2D eigenvalue weighted by atomic mass is 32.2. The molecule has 3 rings (SSSR count). The minimum atomic E-state index is -3.44. The standard InChI is InChI=1S/C15H21N3O2S/c1-2-3-8-18(12-5-6-12)21(19,20)15-10-17-14-9-11(16)4-7-13(14)15/h4,7,9-10,12,17H,2-3,5-6,8,16H2,1H3. The molecule has 1 saturated carbocycles. The first-order valence-electron chi connectivity index (χ1n) is 7.42. The van der Waals surface area contributed by atoms with Crippen LogP contribution in [0.5, 0.6) is 0 Å². The number of nitrogens with one attached hydrogen (secondary N) is 1. The van der Waals surface area contributed by atoms with Gasteiger partial charge in [0.2, 0.25) is 10.0 Å². The number of H-pyrrole nitrogens is 1. The van der Waals surface area contributed by atoms with Crippen molar-refractivity contribution in [2.24, 2.45) is 0 Å². The van der Waals surface area contributed by atoms with Crippen molar-refractivity contribution >= 4 is 26.6 Å². The summed E-state index contributed by atoms with van der Waals surface area (Å²) >= 11 is 0. The van der Waals surface area contributed by atoms with Crippen molar-refractivity contribution in [3.05, 3.63) is 24.4 Å². The third-order valence-electron chi connectivity index (χ3n) is 3.94. The molecule has 0 saturated heterocycles. The third kappa shape index (κ3) is 2.65. The molecule has 0 aliphatic heterocycles. The molecule has 1 heterocycles. The molecule has 6 heteroatoms. The number of sulfonamides is 1. The lowest BCUT2D eigenvalue weighted by molar-refractivity contribution is 0.396. The summed E-state index contributed by atoms with van der Waals surface area (Å²) in [4.78, 5) is 3.38. The summed E-state index contributed by atoms with van der Waals surface area (Å²) in [7, 11) is -3.44. The van der Waals surface area contributed by atoms with E-state index in [0.717, 1.165) is 31.2 Å². The van der Waals surface area contributed by atoms with Crippen molar-refractivity contribution in [2.75, 3.05) is 12.3 Å². The smallest absolute Gasteiger partial charge is 0.245 e. The number of nitrogen functional groups attached to an aromatic ring is 1. The van der Waals surface area contributed by atoms with Gasteiger partial charge in [0.15, 0.2) is 0 Å². The van der Waals surface area contributed by atoms with Gasteiger partial charge in [-0.3, -0.25) is 0 Å². The molecule has 1 aliphatic rings. The monoisotopic (exact) mass is 307 g/mol. The second kappa shape index (κ2) is 5.35. The predicted molar refractivity (Wildman–Crippen MR) is 84.5 cm³/mol. The molecule has 0 bridgehead atoms. The summed E-state index contributed by atoms with van der Waals surface area (Å²) in [6, 6.07) is 5.46.